The van der Waals surface area contributed by atoms with Crippen LogP contribution >= 0.6 is 0 Å². The molecular formula is C38H28IrN6. The molecule has 1 radical (unpaired) electrons. The number of aromatic nitrogens is 5. The third-order valence-corrected chi connectivity index (χ3v) is 8.88. The summed E-state index contributed by atoms with van der Waals surface area (Å²) >= 11 is 0. The molecule has 1 aliphatic heterocycles. The first-order valence-electron chi connectivity index (χ1n) is 15.0. The van der Waals surface area contributed by atoms with Crippen LogP contribution in [0.3, 0.4) is 0 Å². The van der Waals surface area contributed by atoms with Crippen LogP contribution in [0.5, 0.6) is 0 Å². The number of hydrogen-bond donors (Lipinski definition) is 0. The van der Waals surface area contributed by atoms with Gasteiger partial charge in [-0.3, -0.25) is 14.0 Å². The van der Waals surface area contributed by atoms with Crippen molar-refractivity contribution in [3.05, 3.63) is 139 Å². The van der Waals surface area contributed by atoms with Crippen LogP contribution in [0.4, 0.5) is 17.3 Å². The molecule has 0 amide bonds. The summed E-state index contributed by atoms with van der Waals surface area (Å²) in [5, 5.41) is 3.47. The molecule has 0 aliphatic carbocycles. The Hall–Kier alpha value is -5.10. The fraction of sp³-hybridized carbons (Fsp3) is 0.0789. The number of rotatable bonds is 3. The first kappa shape index (κ1) is 27.4. The minimum absolute atomic E-state index is 0. The van der Waals surface area contributed by atoms with E-state index < -0.39 is 0 Å². The van der Waals surface area contributed by atoms with Gasteiger partial charge in [0.25, 0.3) is 0 Å². The fourth-order valence-corrected chi connectivity index (χ4v) is 6.79. The maximum absolute atomic E-state index is 5.41. The van der Waals surface area contributed by atoms with Gasteiger partial charge >= 0.3 is 0 Å². The smallest absolute Gasteiger partial charge is 0.146 e. The quantitative estimate of drug-likeness (QED) is 0.136. The van der Waals surface area contributed by atoms with Crippen molar-refractivity contribution in [2.75, 3.05) is 4.90 Å². The molecule has 0 atom stereocenters. The Morgan fingerprint density at radius 1 is 0.711 bits per heavy atom. The number of pyridine rings is 3. The summed E-state index contributed by atoms with van der Waals surface area (Å²) in [6.45, 7) is 0. The molecule has 1 aliphatic rings. The summed E-state index contributed by atoms with van der Waals surface area (Å²) in [4.78, 5) is 17.8. The molecule has 9 rings (SSSR count). The van der Waals surface area contributed by atoms with Crippen molar-refractivity contribution in [3.8, 4) is 17.1 Å². The molecule has 0 unspecified atom stereocenters. The zero-order valence-electron chi connectivity index (χ0n) is 24.6. The number of fused-ring (bicyclic) bond motifs is 6. The molecule has 6 nitrogen and oxygen atoms in total. The molecule has 0 spiro atoms. The van der Waals surface area contributed by atoms with E-state index in [1.54, 1.807) is 0 Å². The van der Waals surface area contributed by atoms with Crippen LogP contribution in [-0.2, 0) is 40.0 Å². The predicted molar refractivity (Wildman–Crippen MR) is 176 cm³/mol. The van der Waals surface area contributed by atoms with Gasteiger partial charge in [0.05, 0.1) is 11.2 Å². The van der Waals surface area contributed by atoms with Crippen molar-refractivity contribution >= 4 is 50.2 Å². The van der Waals surface area contributed by atoms with E-state index in [4.69, 9.17) is 15.0 Å². The first-order chi connectivity index (χ1) is 21.7. The van der Waals surface area contributed by atoms with Crippen molar-refractivity contribution in [2.45, 2.75) is 12.8 Å². The zero-order valence-corrected chi connectivity index (χ0v) is 27.0. The summed E-state index contributed by atoms with van der Waals surface area (Å²) in [6, 6.07) is 40.5. The average molecular weight is 761 g/mol. The van der Waals surface area contributed by atoms with E-state index in [1.165, 1.54) is 22.0 Å². The van der Waals surface area contributed by atoms with Crippen LogP contribution in [0.1, 0.15) is 11.1 Å². The number of anilines is 3. The molecule has 0 fully saturated rings. The minimum atomic E-state index is 0. The molecule has 0 bridgehead atoms. The topological polar surface area (TPSA) is 50.7 Å². The van der Waals surface area contributed by atoms with Gasteiger partial charge in [-0.2, -0.15) is 0 Å². The van der Waals surface area contributed by atoms with Gasteiger partial charge in [-0.1, -0.05) is 66.2 Å². The van der Waals surface area contributed by atoms with Gasteiger partial charge in [0.15, 0.2) is 0 Å². The molecule has 219 valence electrons. The summed E-state index contributed by atoms with van der Waals surface area (Å²) < 4.78 is 4.32. The molecule has 5 aromatic heterocycles. The van der Waals surface area contributed by atoms with Crippen LogP contribution in [0.25, 0.3) is 49.9 Å². The Morgan fingerprint density at radius 3 is 2.47 bits per heavy atom. The normalized spacial score (nSPS) is 12.6. The van der Waals surface area contributed by atoms with Crippen LogP contribution in [0, 0.1) is 0 Å². The molecule has 0 N–H and O–H groups in total. The Balaban J connectivity index is 0.00000300. The predicted octanol–water partition coefficient (Wildman–Crippen LogP) is 7.90. The number of aryl methyl sites for hydroxylation is 3. The van der Waals surface area contributed by atoms with Gasteiger partial charge in [0.2, 0.25) is 0 Å². The number of para-hydroxylation sites is 2. The Kier molecular flexibility index (Phi) is 6.59. The van der Waals surface area contributed by atoms with Gasteiger partial charge in [0, 0.05) is 42.8 Å². The van der Waals surface area contributed by atoms with Crippen molar-refractivity contribution < 1.29 is 24.7 Å². The van der Waals surface area contributed by atoms with E-state index in [9.17, 15) is 0 Å². The largest absolute Gasteiger partial charge is 0.278 e. The molecular weight excluding hydrogens is 733 g/mol. The van der Waals surface area contributed by atoms with Crippen LogP contribution in [0.2, 0.25) is 0 Å². The van der Waals surface area contributed by atoms with E-state index in [2.05, 4.69) is 136 Å². The Labute approximate surface area is 274 Å². The average Bonchev–Trinajstić information content (AvgIpc) is 3.57. The van der Waals surface area contributed by atoms with Gasteiger partial charge in [-0.15, -0.1) is 11.5 Å². The molecule has 0 saturated heterocycles. The van der Waals surface area contributed by atoms with E-state index in [1.807, 2.05) is 12.3 Å². The van der Waals surface area contributed by atoms with Crippen molar-refractivity contribution in [1.82, 2.24) is 19.5 Å². The third-order valence-electron chi connectivity index (χ3n) is 8.88. The molecule has 6 heterocycles. The van der Waals surface area contributed by atoms with Gasteiger partial charge in [-0.05, 0) is 72.5 Å². The second kappa shape index (κ2) is 10.8. The summed E-state index contributed by atoms with van der Waals surface area (Å²) in [5.41, 5.74) is 8.84. The van der Waals surface area contributed by atoms with E-state index >= 15 is 0 Å². The minimum Gasteiger partial charge on any atom is -0.278 e. The van der Waals surface area contributed by atoms with E-state index in [0.29, 0.717) is 0 Å². The van der Waals surface area contributed by atoms with Crippen molar-refractivity contribution in [1.29, 1.82) is 0 Å². The molecule has 7 heteroatoms. The summed E-state index contributed by atoms with van der Waals surface area (Å²) in [5.74, 6) is 2.56. The zero-order chi connectivity index (χ0) is 29.2. The molecule has 8 aromatic rings. The number of nitrogens with zero attached hydrogens (tertiary/aromatic N) is 6. The van der Waals surface area contributed by atoms with Crippen LogP contribution in [-0.4, -0.2) is 19.5 Å². The Morgan fingerprint density at radius 2 is 1.51 bits per heavy atom. The van der Waals surface area contributed by atoms with Crippen LogP contribution in [0.15, 0.2) is 128 Å². The number of benzene rings is 3. The summed E-state index contributed by atoms with van der Waals surface area (Å²) in [6.07, 6.45) is 5.80. The van der Waals surface area contributed by atoms with Crippen molar-refractivity contribution in [3.63, 3.8) is 0 Å². The van der Waals surface area contributed by atoms with Crippen LogP contribution < -0.4 is 9.47 Å². The van der Waals surface area contributed by atoms with E-state index in [0.717, 1.165) is 69.2 Å². The summed E-state index contributed by atoms with van der Waals surface area (Å²) in [7, 11) is 2.08. The second-order valence-corrected chi connectivity index (χ2v) is 11.4. The number of hydrogen-bond acceptors (Lipinski definition) is 4. The fourth-order valence-electron chi connectivity index (χ4n) is 6.79. The monoisotopic (exact) mass is 761 g/mol. The maximum Gasteiger partial charge on any atom is 0.146 e. The SMILES string of the molecule is C[n+]1c[cH-]c2c(-c3ccc4c(n3)N(c3cccc(-n5c6ccccc6c6cccnc65)n3)c3ccccc3CC4)cccc21.[Ir]. The molecule has 3 aromatic carbocycles. The van der Waals surface area contributed by atoms with Gasteiger partial charge in [-0.25, -0.2) is 15.0 Å². The van der Waals surface area contributed by atoms with Gasteiger partial charge < -0.3 is 0 Å². The van der Waals surface area contributed by atoms with Crippen molar-refractivity contribution in [2.24, 2.45) is 7.05 Å². The standard InChI is InChI=1S/C38H28N6.Ir/c1-42-24-22-29-27(11-6-15-33(29)42)31-21-20-26-19-18-25-9-2-4-13-32(25)43(37(26)40-31)35-16-7-17-36(41-35)44-34-14-5-3-10-28(34)30-12-8-23-39-38(30)44;/h2-17,20-24H,18-19H2,1H3;. The first-order valence-corrected chi connectivity index (χ1v) is 15.0. The third kappa shape index (κ3) is 4.31. The van der Waals surface area contributed by atoms with E-state index in [-0.39, 0.29) is 20.1 Å². The van der Waals surface area contributed by atoms with Gasteiger partial charge in [0.1, 0.15) is 41.9 Å². The molecule has 0 saturated carbocycles. The Bertz CT molecular complexity index is 2330. The second-order valence-electron chi connectivity index (χ2n) is 11.4. The molecule has 45 heavy (non-hydrogen) atoms. The maximum atomic E-state index is 5.41.